The molecule has 0 aliphatic carbocycles. The first-order chi connectivity index (χ1) is 13.8. The van der Waals surface area contributed by atoms with Gasteiger partial charge in [-0.25, -0.2) is 4.39 Å². The third kappa shape index (κ3) is 6.41. The summed E-state index contributed by atoms with van der Waals surface area (Å²) in [4.78, 5) is 27.8. The number of benzene rings is 2. The highest BCUT2D eigenvalue weighted by Gasteiger charge is 2.29. The molecule has 2 amide bonds. The van der Waals surface area contributed by atoms with Gasteiger partial charge in [-0.2, -0.15) is 0 Å². The Morgan fingerprint density at radius 2 is 1.69 bits per heavy atom. The van der Waals surface area contributed by atoms with Gasteiger partial charge in [-0.05, 0) is 55.5 Å². The van der Waals surface area contributed by atoms with Gasteiger partial charge in [-0.15, -0.1) is 0 Å². The Morgan fingerprint density at radius 1 is 1.03 bits per heavy atom. The summed E-state index contributed by atoms with van der Waals surface area (Å²) in [5.41, 5.74) is 2.81. The number of halogens is 1. The predicted molar refractivity (Wildman–Crippen MR) is 114 cm³/mol. The molecule has 2 rings (SSSR count). The monoisotopic (exact) mass is 398 g/mol. The number of hydrogen-bond acceptors (Lipinski definition) is 2. The van der Waals surface area contributed by atoms with Gasteiger partial charge in [0.05, 0.1) is 6.42 Å². The van der Waals surface area contributed by atoms with Crippen LogP contribution in [-0.2, 0) is 22.6 Å². The van der Waals surface area contributed by atoms with Crippen molar-refractivity contribution in [2.24, 2.45) is 0 Å². The van der Waals surface area contributed by atoms with Gasteiger partial charge in [0.15, 0.2) is 0 Å². The van der Waals surface area contributed by atoms with E-state index in [4.69, 9.17) is 0 Å². The van der Waals surface area contributed by atoms with E-state index in [2.05, 4.69) is 5.32 Å². The van der Waals surface area contributed by atoms with Crippen LogP contribution in [0.1, 0.15) is 50.3 Å². The topological polar surface area (TPSA) is 49.4 Å². The predicted octanol–water partition coefficient (Wildman–Crippen LogP) is 4.40. The maximum absolute atomic E-state index is 13.2. The smallest absolute Gasteiger partial charge is 0.243 e. The van der Waals surface area contributed by atoms with Crippen molar-refractivity contribution in [1.82, 2.24) is 10.2 Å². The van der Waals surface area contributed by atoms with Gasteiger partial charge >= 0.3 is 0 Å². The van der Waals surface area contributed by atoms with Gasteiger partial charge in [0, 0.05) is 12.6 Å². The van der Waals surface area contributed by atoms with E-state index in [0.717, 1.165) is 23.1 Å². The van der Waals surface area contributed by atoms with Gasteiger partial charge in [0.2, 0.25) is 11.8 Å². The second-order valence-electron chi connectivity index (χ2n) is 7.49. The number of nitrogens with zero attached hydrogens (tertiary/aromatic N) is 1. The zero-order chi connectivity index (χ0) is 21.4. The summed E-state index contributed by atoms with van der Waals surface area (Å²) >= 11 is 0. The van der Waals surface area contributed by atoms with Gasteiger partial charge < -0.3 is 10.2 Å². The fraction of sp³-hybridized carbons (Fsp3) is 0.417. The molecule has 1 N–H and O–H groups in total. The minimum absolute atomic E-state index is 0.0454. The van der Waals surface area contributed by atoms with E-state index in [9.17, 15) is 14.0 Å². The van der Waals surface area contributed by atoms with Crippen molar-refractivity contribution in [1.29, 1.82) is 0 Å². The van der Waals surface area contributed by atoms with Crippen LogP contribution in [-0.4, -0.2) is 28.8 Å². The van der Waals surface area contributed by atoms with Crippen LogP contribution in [0.5, 0.6) is 0 Å². The highest BCUT2D eigenvalue weighted by molar-refractivity contribution is 5.88. The van der Waals surface area contributed by atoms with Gasteiger partial charge in [-0.1, -0.05) is 50.2 Å². The standard InChI is InChI=1S/C24H31FN2O2/c1-5-18(4)26-24(29)22(6-2)27(16-20-10-8-7-9-17(20)3)23(28)15-19-11-13-21(25)14-12-19/h7-14,18,22H,5-6,15-16H2,1-4H3,(H,26,29)/t18-,22+/m0/s1. The van der Waals surface area contributed by atoms with Crippen molar-refractivity contribution >= 4 is 11.8 Å². The zero-order valence-corrected chi connectivity index (χ0v) is 17.7. The van der Waals surface area contributed by atoms with Crippen molar-refractivity contribution in [3.8, 4) is 0 Å². The minimum Gasteiger partial charge on any atom is -0.352 e. The molecule has 0 radical (unpaired) electrons. The highest BCUT2D eigenvalue weighted by atomic mass is 19.1. The Hall–Kier alpha value is -2.69. The number of amides is 2. The first kappa shape index (κ1) is 22.6. The molecule has 0 aromatic heterocycles. The summed E-state index contributed by atoms with van der Waals surface area (Å²) < 4.78 is 13.2. The van der Waals surface area contributed by atoms with Crippen molar-refractivity contribution in [3.05, 3.63) is 71.0 Å². The largest absolute Gasteiger partial charge is 0.352 e. The second kappa shape index (κ2) is 10.7. The molecule has 0 saturated heterocycles. The lowest BCUT2D eigenvalue weighted by Crippen LogP contribution is -2.51. The summed E-state index contributed by atoms with van der Waals surface area (Å²) in [5, 5.41) is 3.01. The molecule has 0 unspecified atom stereocenters. The minimum atomic E-state index is -0.559. The van der Waals surface area contributed by atoms with Gasteiger partial charge in [0.1, 0.15) is 11.9 Å². The lowest BCUT2D eigenvalue weighted by Gasteiger charge is -2.32. The molecule has 2 aromatic carbocycles. The molecule has 2 atom stereocenters. The average molecular weight is 399 g/mol. The summed E-state index contributed by atoms with van der Waals surface area (Å²) in [6, 6.07) is 13.3. The molecular formula is C24H31FN2O2. The van der Waals surface area contributed by atoms with E-state index in [1.165, 1.54) is 12.1 Å². The molecule has 0 heterocycles. The molecule has 0 aliphatic rings. The average Bonchev–Trinajstić information content (AvgIpc) is 2.70. The fourth-order valence-corrected chi connectivity index (χ4v) is 3.21. The van der Waals surface area contributed by atoms with Crippen molar-refractivity contribution in [2.45, 2.75) is 65.6 Å². The highest BCUT2D eigenvalue weighted by Crippen LogP contribution is 2.17. The summed E-state index contributed by atoms with van der Waals surface area (Å²) in [6.07, 6.45) is 1.46. The van der Waals surface area contributed by atoms with Crippen molar-refractivity contribution in [3.63, 3.8) is 0 Å². The van der Waals surface area contributed by atoms with E-state index >= 15 is 0 Å². The van der Waals surface area contributed by atoms with Crippen molar-refractivity contribution in [2.75, 3.05) is 0 Å². The van der Waals surface area contributed by atoms with E-state index in [1.807, 2.05) is 52.0 Å². The number of nitrogens with one attached hydrogen (secondary N) is 1. The van der Waals surface area contributed by atoms with Crippen molar-refractivity contribution < 1.29 is 14.0 Å². The molecular weight excluding hydrogens is 367 g/mol. The fourth-order valence-electron chi connectivity index (χ4n) is 3.21. The van der Waals surface area contributed by atoms with E-state index in [0.29, 0.717) is 13.0 Å². The van der Waals surface area contributed by atoms with Crippen LogP contribution in [0.15, 0.2) is 48.5 Å². The molecule has 0 spiro atoms. The van der Waals surface area contributed by atoms with Crippen LogP contribution < -0.4 is 5.32 Å². The normalized spacial score (nSPS) is 12.9. The van der Waals surface area contributed by atoms with Crippen LogP contribution >= 0.6 is 0 Å². The third-order valence-electron chi connectivity index (χ3n) is 5.26. The Bertz CT molecular complexity index is 820. The number of hydrogen-bond donors (Lipinski definition) is 1. The third-order valence-corrected chi connectivity index (χ3v) is 5.26. The quantitative estimate of drug-likeness (QED) is 0.681. The summed E-state index contributed by atoms with van der Waals surface area (Å²) in [5.74, 6) is -0.619. The number of carbonyl (C=O) groups excluding carboxylic acids is 2. The number of carbonyl (C=O) groups is 2. The van der Waals surface area contributed by atoms with Crippen LogP contribution in [0.25, 0.3) is 0 Å². The Kier molecular flexibility index (Phi) is 8.37. The van der Waals surface area contributed by atoms with E-state index in [-0.39, 0.29) is 30.1 Å². The SMILES string of the molecule is CC[C@H](C(=O)N[C@@H](C)CC)N(Cc1ccccc1C)C(=O)Cc1ccc(F)cc1. The van der Waals surface area contributed by atoms with Crippen LogP contribution in [0, 0.1) is 12.7 Å². The molecule has 5 heteroatoms. The van der Waals surface area contributed by atoms with Crippen LogP contribution in [0.3, 0.4) is 0 Å². The van der Waals surface area contributed by atoms with Gasteiger partial charge in [0.25, 0.3) is 0 Å². The summed E-state index contributed by atoms with van der Waals surface area (Å²) in [7, 11) is 0. The molecule has 0 fully saturated rings. The molecule has 4 nitrogen and oxygen atoms in total. The second-order valence-corrected chi connectivity index (χ2v) is 7.49. The first-order valence-corrected chi connectivity index (χ1v) is 10.2. The first-order valence-electron chi connectivity index (χ1n) is 10.2. The van der Waals surface area contributed by atoms with E-state index in [1.54, 1.807) is 17.0 Å². The maximum atomic E-state index is 13.2. The Morgan fingerprint density at radius 3 is 2.28 bits per heavy atom. The summed E-state index contributed by atoms with van der Waals surface area (Å²) in [6.45, 7) is 8.24. The molecule has 0 aliphatic heterocycles. The molecule has 156 valence electrons. The molecule has 0 saturated carbocycles. The molecule has 29 heavy (non-hydrogen) atoms. The van der Waals surface area contributed by atoms with Crippen LogP contribution in [0.4, 0.5) is 4.39 Å². The van der Waals surface area contributed by atoms with E-state index < -0.39 is 6.04 Å². The lowest BCUT2D eigenvalue weighted by atomic mass is 10.0. The lowest BCUT2D eigenvalue weighted by molar-refractivity contribution is -0.141. The molecule has 0 bridgehead atoms. The zero-order valence-electron chi connectivity index (χ0n) is 17.7. The van der Waals surface area contributed by atoms with Gasteiger partial charge in [-0.3, -0.25) is 9.59 Å². The molecule has 2 aromatic rings. The van der Waals surface area contributed by atoms with Crippen LogP contribution in [0.2, 0.25) is 0 Å². The number of aryl methyl sites for hydroxylation is 1. The maximum Gasteiger partial charge on any atom is 0.243 e. The Labute approximate surface area is 173 Å². The number of rotatable bonds is 9. The Balaban J connectivity index is 2.30.